The second kappa shape index (κ2) is 7.96. The zero-order valence-electron chi connectivity index (χ0n) is 16.9. The van der Waals surface area contributed by atoms with Crippen molar-refractivity contribution in [1.82, 2.24) is 9.97 Å². The molecule has 3 aromatic heterocycles. The lowest BCUT2D eigenvalue weighted by atomic mass is 9.98. The normalized spacial score (nSPS) is 12.7. The molecule has 1 aliphatic rings. The number of fused-ring (bicyclic) bond motifs is 3. The number of pyridine rings is 2. The Morgan fingerprint density at radius 1 is 0.967 bits per heavy atom. The standard InChI is InChI=1S/C26H22N2OS/c1-17-15-28-11-9-19(17)13-24(29)25-14-21-5-2-4-18-7-8-20(12-23(18)26(21)30-25)22-6-3-10-27-16-22/h3,6-12,14-16H,2,4-5,13H2,1H3. The number of carbonyl (C=O) groups is 1. The van der Waals surface area contributed by atoms with E-state index in [4.69, 9.17) is 0 Å². The third-order valence-electron chi connectivity index (χ3n) is 5.81. The van der Waals surface area contributed by atoms with Gasteiger partial charge in [0.05, 0.1) is 4.88 Å². The second-order valence-electron chi connectivity index (χ2n) is 7.83. The molecule has 0 atom stereocenters. The smallest absolute Gasteiger partial charge is 0.177 e. The zero-order chi connectivity index (χ0) is 20.5. The van der Waals surface area contributed by atoms with Crippen molar-refractivity contribution in [3.8, 4) is 21.6 Å². The van der Waals surface area contributed by atoms with Gasteiger partial charge < -0.3 is 0 Å². The van der Waals surface area contributed by atoms with Gasteiger partial charge in [0.1, 0.15) is 0 Å². The van der Waals surface area contributed by atoms with Gasteiger partial charge in [0.25, 0.3) is 0 Å². The first kappa shape index (κ1) is 18.9. The summed E-state index contributed by atoms with van der Waals surface area (Å²) in [5.41, 5.74) is 8.35. The Bertz CT molecular complexity index is 1230. The topological polar surface area (TPSA) is 42.9 Å². The molecule has 30 heavy (non-hydrogen) atoms. The van der Waals surface area contributed by atoms with Crippen LogP contribution in [0.15, 0.2) is 67.3 Å². The average molecular weight is 411 g/mol. The Hall–Kier alpha value is -3.11. The first-order valence-electron chi connectivity index (χ1n) is 10.3. The van der Waals surface area contributed by atoms with Crippen LogP contribution in [0.5, 0.6) is 0 Å². The maximum Gasteiger partial charge on any atom is 0.177 e. The SMILES string of the molecule is Cc1cnccc1CC(=O)c1cc2c(s1)-c1cc(-c3cccnc3)ccc1CCC2. The van der Waals surface area contributed by atoms with Crippen LogP contribution in [0.25, 0.3) is 21.6 Å². The molecular weight excluding hydrogens is 388 g/mol. The van der Waals surface area contributed by atoms with E-state index in [1.807, 2.05) is 31.5 Å². The van der Waals surface area contributed by atoms with E-state index in [2.05, 4.69) is 40.3 Å². The van der Waals surface area contributed by atoms with Crippen molar-refractivity contribution in [3.63, 3.8) is 0 Å². The van der Waals surface area contributed by atoms with Crippen LogP contribution in [-0.4, -0.2) is 15.8 Å². The van der Waals surface area contributed by atoms with Crippen LogP contribution >= 0.6 is 11.3 Å². The van der Waals surface area contributed by atoms with E-state index in [1.165, 1.54) is 27.1 Å². The highest BCUT2D eigenvalue weighted by molar-refractivity contribution is 7.17. The summed E-state index contributed by atoms with van der Waals surface area (Å²) in [6.45, 7) is 2.01. The summed E-state index contributed by atoms with van der Waals surface area (Å²) >= 11 is 1.65. The Morgan fingerprint density at radius 3 is 2.67 bits per heavy atom. The van der Waals surface area contributed by atoms with Crippen LogP contribution in [-0.2, 0) is 19.3 Å². The summed E-state index contributed by atoms with van der Waals surface area (Å²) in [6.07, 6.45) is 10.9. The number of carbonyl (C=O) groups excluding carboxylic acids is 1. The number of hydrogen-bond acceptors (Lipinski definition) is 4. The van der Waals surface area contributed by atoms with Crippen LogP contribution in [0.2, 0.25) is 0 Å². The number of ketones is 1. The summed E-state index contributed by atoms with van der Waals surface area (Å²) in [5.74, 6) is 0.187. The van der Waals surface area contributed by atoms with E-state index >= 15 is 0 Å². The maximum atomic E-state index is 13.1. The maximum absolute atomic E-state index is 13.1. The summed E-state index contributed by atoms with van der Waals surface area (Å²) in [5, 5.41) is 0. The number of benzene rings is 1. The van der Waals surface area contributed by atoms with Crippen molar-refractivity contribution >= 4 is 17.1 Å². The van der Waals surface area contributed by atoms with Gasteiger partial charge in [-0.25, -0.2) is 0 Å². The highest BCUT2D eigenvalue weighted by Gasteiger charge is 2.21. The van der Waals surface area contributed by atoms with Gasteiger partial charge in [0, 0.05) is 41.6 Å². The molecular formula is C26H22N2OS. The van der Waals surface area contributed by atoms with E-state index in [-0.39, 0.29) is 5.78 Å². The van der Waals surface area contributed by atoms with E-state index in [1.54, 1.807) is 23.7 Å². The molecule has 0 aliphatic heterocycles. The molecule has 5 rings (SSSR count). The van der Waals surface area contributed by atoms with Crippen LogP contribution < -0.4 is 0 Å². The van der Waals surface area contributed by atoms with Crippen LogP contribution in [0.4, 0.5) is 0 Å². The quantitative estimate of drug-likeness (QED) is 0.382. The minimum absolute atomic E-state index is 0.187. The summed E-state index contributed by atoms with van der Waals surface area (Å²) < 4.78 is 0. The minimum atomic E-state index is 0.187. The van der Waals surface area contributed by atoms with Crippen molar-refractivity contribution in [3.05, 3.63) is 94.4 Å². The van der Waals surface area contributed by atoms with Crippen molar-refractivity contribution in [1.29, 1.82) is 0 Å². The molecule has 0 fully saturated rings. The minimum Gasteiger partial charge on any atom is -0.293 e. The first-order chi connectivity index (χ1) is 14.7. The van der Waals surface area contributed by atoms with Gasteiger partial charge in [0.15, 0.2) is 5.78 Å². The monoisotopic (exact) mass is 410 g/mol. The summed E-state index contributed by atoms with van der Waals surface area (Å²) in [4.78, 5) is 23.6. The van der Waals surface area contributed by atoms with Crippen molar-refractivity contribution in [2.45, 2.75) is 32.6 Å². The number of rotatable bonds is 4. The van der Waals surface area contributed by atoms with Gasteiger partial charge >= 0.3 is 0 Å². The third kappa shape index (κ3) is 3.59. The first-order valence-corrected chi connectivity index (χ1v) is 11.1. The van der Waals surface area contributed by atoms with Gasteiger partial charge in [-0.3, -0.25) is 14.8 Å². The number of thiophene rings is 1. The van der Waals surface area contributed by atoms with Gasteiger partial charge in [-0.2, -0.15) is 0 Å². The van der Waals surface area contributed by atoms with Crippen molar-refractivity contribution in [2.75, 3.05) is 0 Å². The van der Waals surface area contributed by atoms with Gasteiger partial charge in [0.2, 0.25) is 0 Å². The summed E-state index contributed by atoms with van der Waals surface area (Å²) in [7, 11) is 0. The predicted molar refractivity (Wildman–Crippen MR) is 122 cm³/mol. The van der Waals surface area contributed by atoms with Crippen LogP contribution in [0.3, 0.4) is 0 Å². The van der Waals surface area contributed by atoms with Gasteiger partial charge in [-0.05, 0) is 83.8 Å². The van der Waals surface area contributed by atoms with Gasteiger partial charge in [-0.1, -0.05) is 18.2 Å². The molecule has 3 nitrogen and oxygen atoms in total. The largest absolute Gasteiger partial charge is 0.293 e. The third-order valence-corrected chi connectivity index (χ3v) is 7.06. The number of aromatic nitrogens is 2. The fraction of sp³-hybridized carbons (Fsp3) is 0.192. The predicted octanol–water partition coefficient (Wildman–Crippen LogP) is 6.09. The number of hydrogen-bond donors (Lipinski definition) is 0. The number of nitrogens with zero attached hydrogens (tertiary/aromatic N) is 2. The highest BCUT2D eigenvalue weighted by atomic mass is 32.1. The molecule has 148 valence electrons. The lowest BCUT2D eigenvalue weighted by molar-refractivity contribution is 0.0996. The molecule has 1 aliphatic carbocycles. The van der Waals surface area contributed by atoms with Gasteiger partial charge in [-0.15, -0.1) is 11.3 Å². The molecule has 0 radical (unpaired) electrons. The second-order valence-corrected chi connectivity index (χ2v) is 8.89. The molecule has 4 heteroatoms. The van der Waals surface area contributed by atoms with Crippen LogP contribution in [0, 0.1) is 6.92 Å². The van der Waals surface area contributed by atoms with E-state index in [0.717, 1.165) is 40.8 Å². The molecule has 0 bridgehead atoms. The fourth-order valence-corrected chi connectivity index (χ4v) is 5.33. The molecule has 1 aromatic carbocycles. The number of Topliss-reactive ketones (excluding diaryl/α,β-unsaturated/α-hetero) is 1. The fourth-order valence-electron chi connectivity index (χ4n) is 4.13. The lowest BCUT2D eigenvalue weighted by Crippen LogP contribution is -2.03. The van der Waals surface area contributed by atoms with E-state index in [9.17, 15) is 4.79 Å². The number of aryl methyl sites for hydroxylation is 3. The van der Waals surface area contributed by atoms with E-state index in [0.29, 0.717) is 6.42 Å². The molecule has 0 N–H and O–H groups in total. The lowest BCUT2D eigenvalue weighted by Gasteiger charge is -2.09. The molecule has 0 spiro atoms. The molecule has 0 unspecified atom stereocenters. The van der Waals surface area contributed by atoms with Crippen molar-refractivity contribution < 1.29 is 4.79 Å². The highest BCUT2D eigenvalue weighted by Crippen LogP contribution is 2.40. The molecule has 4 aromatic rings. The molecule has 0 saturated carbocycles. The van der Waals surface area contributed by atoms with Crippen molar-refractivity contribution in [2.24, 2.45) is 0 Å². The average Bonchev–Trinajstić information content (AvgIpc) is 3.13. The summed E-state index contributed by atoms with van der Waals surface area (Å²) in [6, 6.07) is 14.8. The Labute approximate surface area is 180 Å². The molecule has 0 saturated heterocycles. The Kier molecular flexibility index (Phi) is 5.01. The Balaban J connectivity index is 1.52. The molecule has 0 amide bonds. The molecule has 3 heterocycles. The Morgan fingerprint density at radius 2 is 1.83 bits per heavy atom. The van der Waals surface area contributed by atoms with E-state index < -0.39 is 0 Å². The zero-order valence-corrected chi connectivity index (χ0v) is 17.7. The van der Waals surface area contributed by atoms with Crippen LogP contribution in [0.1, 0.15) is 38.3 Å².